The number of carbonyl (C=O) groups is 1. The zero-order chi connectivity index (χ0) is 13.5. The van der Waals surface area contributed by atoms with Gasteiger partial charge in [-0.15, -0.1) is 0 Å². The first-order valence-corrected chi connectivity index (χ1v) is 6.75. The molecule has 0 saturated carbocycles. The van der Waals surface area contributed by atoms with E-state index in [-0.39, 0.29) is 17.5 Å². The lowest BCUT2D eigenvalue weighted by Crippen LogP contribution is -2.44. The third-order valence-electron chi connectivity index (χ3n) is 2.97. The van der Waals surface area contributed by atoms with Gasteiger partial charge in [-0.25, -0.2) is 0 Å². The van der Waals surface area contributed by atoms with Crippen LogP contribution in [0.2, 0.25) is 0 Å². The Bertz CT molecular complexity index is 221. The summed E-state index contributed by atoms with van der Waals surface area (Å²) in [6.45, 7) is 9.98. The largest absolute Gasteiger partial charge is 0.462 e. The number of carbonyl (C=O) groups excluding carboxylic acids is 1. The summed E-state index contributed by atoms with van der Waals surface area (Å²) in [4.78, 5) is 11.7. The first-order chi connectivity index (χ1) is 7.79. The van der Waals surface area contributed by atoms with Gasteiger partial charge in [-0.2, -0.15) is 0 Å². The van der Waals surface area contributed by atoms with E-state index in [9.17, 15) is 4.79 Å². The summed E-state index contributed by atoms with van der Waals surface area (Å²) in [5, 5.41) is 0. The molecule has 0 aromatic rings. The minimum atomic E-state index is -0.541. The number of esters is 1. The number of rotatable bonds is 7. The van der Waals surface area contributed by atoms with Crippen LogP contribution in [-0.2, 0) is 9.53 Å². The Hall–Kier alpha value is -0.570. The van der Waals surface area contributed by atoms with Gasteiger partial charge in [0, 0.05) is 0 Å². The lowest BCUT2D eigenvalue weighted by Gasteiger charge is -2.26. The molecule has 0 aliphatic heterocycles. The van der Waals surface area contributed by atoms with Crippen LogP contribution in [-0.4, -0.2) is 18.1 Å². The summed E-state index contributed by atoms with van der Waals surface area (Å²) >= 11 is 0. The number of hydrogen-bond donors (Lipinski definition) is 1. The number of nitrogens with two attached hydrogens (primary N) is 1. The highest BCUT2D eigenvalue weighted by atomic mass is 16.5. The lowest BCUT2D eigenvalue weighted by atomic mass is 9.87. The van der Waals surface area contributed by atoms with Crippen LogP contribution >= 0.6 is 0 Å². The van der Waals surface area contributed by atoms with E-state index in [2.05, 4.69) is 6.92 Å². The zero-order valence-electron chi connectivity index (χ0n) is 12.1. The van der Waals surface area contributed by atoms with Crippen LogP contribution in [0.4, 0.5) is 0 Å². The minimum Gasteiger partial charge on any atom is -0.462 e. The van der Waals surface area contributed by atoms with Crippen molar-refractivity contribution in [2.24, 2.45) is 11.1 Å². The van der Waals surface area contributed by atoms with Crippen molar-refractivity contribution in [2.75, 3.05) is 0 Å². The quantitative estimate of drug-likeness (QED) is 0.551. The molecule has 0 aromatic heterocycles. The standard InChI is InChI=1S/C14H29NO2/c1-6-7-8-9-10-11(2)17-13(16)12(15)14(3,4)5/h11-12H,6-10,15H2,1-5H3. The van der Waals surface area contributed by atoms with Crippen LogP contribution in [0.15, 0.2) is 0 Å². The first-order valence-electron chi connectivity index (χ1n) is 6.75. The smallest absolute Gasteiger partial charge is 0.323 e. The molecule has 0 aromatic carbocycles. The van der Waals surface area contributed by atoms with Crippen molar-refractivity contribution in [1.29, 1.82) is 0 Å². The second kappa shape index (κ2) is 7.70. The first kappa shape index (κ1) is 16.4. The van der Waals surface area contributed by atoms with Crippen LogP contribution in [0.25, 0.3) is 0 Å². The molecule has 102 valence electrons. The number of hydrogen-bond acceptors (Lipinski definition) is 3. The summed E-state index contributed by atoms with van der Waals surface area (Å²) in [6.07, 6.45) is 5.72. The van der Waals surface area contributed by atoms with E-state index >= 15 is 0 Å². The molecule has 0 saturated heterocycles. The summed E-state index contributed by atoms with van der Waals surface area (Å²) in [5.41, 5.74) is 5.61. The Morgan fingerprint density at radius 2 is 1.82 bits per heavy atom. The van der Waals surface area contributed by atoms with Gasteiger partial charge in [0.25, 0.3) is 0 Å². The van der Waals surface area contributed by atoms with E-state index in [4.69, 9.17) is 10.5 Å². The molecule has 3 heteroatoms. The van der Waals surface area contributed by atoms with E-state index in [0.29, 0.717) is 0 Å². The van der Waals surface area contributed by atoms with Gasteiger partial charge >= 0.3 is 5.97 Å². The highest BCUT2D eigenvalue weighted by Gasteiger charge is 2.29. The maximum Gasteiger partial charge on any atom is 0.323 e. The maximum atomic E-state index is 11.7. The van der Waals surface area contributed by atoms with Gasteiger partial charge in [0.15, 0.2) is 0 Å². The molecule has 3 nitrogen and oxygen atoms in total. The van der Waals surface area contributed by atoms with Crippen molar-refractivity contribution in [3.8, 4) is 0 Å². The van der Waals surface area contributed by atoms with Gasteiger partial charge in [-0.1, -0.05) is 47.0 Å². The molecule has 0 aliphatic rings. The number of ether oxygens (including phenoxy) is 1. The number of unbranched alkanes of at least 4 members (excludes halogenated alkanes) is 3. The fourth-order valence-corrected chi connectivity index (χ4v) is 1.54. The van der Waals surface area contributed by atoms with E-state index in [1.54, 1.807) is 0 Å². The normalized spacial score (nSPS) is 15.4. The van der Waals surface area contributed by atoms with Gasteiger partial charge in [-0.05, 0) is 25.2 Å². The molecule has 0 amide bonds. The second-order valence-corrected chi connectivity index (χ2v) is 5.94. The van der Waals surface area contributed by atoms with Crippen molar-refractivity contribution < 1.29 is 9.53 Å². The van der Waals surface area contributed by atoms with Gasteiger partial charge in [0.05, 0.1) is 6.10 Å². The highest BCUT2D eigenvalue weighted by molar-refractivity contribution is 5.76. The van der Waals surface area contributed by atoms with Gasteiger partial charge in [0.1, 0.15) is 6.04 Å². The van der Waals surface area contributed by atoms with E-state index in [0.717, 1.165) is 12.8 Å². The molecule has 0 bridgehead atoms. The molecule has 0 rings (SSSR count). The van der Waals surface area contributed by atoms with Crippen LogP contribution in [0.1, 0.15) is 66.7 Å². The Morgan fingerprint density at radius 1 is 1.24 bits per heavy atom. The summed E-state index contributed by atoms with van der Waals surface area (Å²) in [6, 6.07) is -0.541. The van der Waals surface area contributed by atoms with E-state index in [1.807, 2.05) is 27.7 Å². The molecule has 17 heavy (non-hydrogen) atoms. The monoisotopic (exact) mass is 243 g/mol. The van der Waals surface area contributed by atoms with E-state index < -0.39 is 6.04 Å². The lowest BCUT2D eigenvalue weighted by molar-refractivity contribution is -0.152. The Kier molecular flexibility index (Phi) is 7.44. The summed E-state index contributed by atoms with van der Waals surface area (Å²) in [7, 11) is 0. The molecule has 0 radical (unpaired) electrons. The topological polar surface area (TPSA) is 52.3 Å². The average Bonchev–Trinajstić information content (AvgIpc) is 2.22. The van der Waals surface area contributed by atoms with Crippen molar-refractivity contribution >= 4 is 5.97 Å². The van der Waals surface area contributed by atoms with Crippen molar-refractivity contribution in [2.45, 2.75) is 78.9 Å². The Balaban J connectivity index is 3.88. The second-order valence-electron chi connectivity index (χ2n) is 5.94. The predicted octanol–water partition coefficient (Wildman–Crippen LogP) is 3.26. The molecular weight excluding hydrogens is 214 g/mol. The molecule has 0 spiro atoms. The van der Waals surface area contributed by atoms with Crippen molar-refractivity contribution in [1.82, 2.24) is 0 Å². The van der Waals surface area contributed by atoms with Crippen LogP contribution < -0.4 is 5.73 Å². The molecule has 0 aliphatic carbocycles. The fraction of sp³-hybridized carbons (Fsp3) is 0.929. The molecule has 2 atom stereocenters. The van der Waals surface area contributed by atoms with Gasteiger partial charge < -0.3 is 10.5 Å². The average molecular weight is 243 g/mol. The third-order valence-corrected chi connectivity index (χ3v) is 2.97. The molecule has 2 unspecified atom stereocenters. The Morgan fingerprint density at radius 3 is 2.29 bits per heavy atom. The predicted molar refractivity (Wildman–Crippen MR) is 71.7 cm³/mol. The third kappa shape index (κ3) is 7.37. The minimum absolute atomic E-state index is 0.0206. The van der Waals surface area contributed by atoms with Crippen molar-refractivity contribution in [3.05, 3.63) is 0 Å². The van der Waals surface area contributed by atoms with Crippen LogP contribution in [0, 0.1) is 5.41 Å². The highest BCUT2D eigenvalue weighted by Crippen LogP contribution is 2.19. The molecule has 2 N–H and O–H groups in total. The van der Waals surface area contributed by atoms with Crippen LogP contribution in [0.3, 0.4) is 0 Å². The van der Waals surface area contributed by atoms with Crippen molar-refractivity contribution in [3.63, 3.8) is 0 Å². The molecular formula is C14H29NO2. The zero-order valence-corrected chi connectivity index (χ0v) is 12.1. The molecule has 0 fully saturated rings. The molecule has 0 heterocycles. The van der Waals surface area contributed by atoms with E-state index in [1.165, 1.54) is 19.3 Å². The summed E-state index contributed by atoms with van der Waals surface area (Å²) in [5.74, 6) is -0.277. The Labute approximate surface area is 106 Å². The maximum absolute atomic E-state index is 11.7. The van der Waals surface area contributed by atoms with Gasteiger partial charge in [-0.3, -0.25) is 4.79 Å². The fourth-order valence-electron chi connectivity index (χ4n) is 1.54. The summed E-state index contributed by atoms with van der Waals surface area (Å²) < 4.78 is 5.35. The SMILES string of the molecule is CCCCCCC(C)OC(=O)C(N)C(C)(C)C. The van der Waals surface area contributed by atoms with Gasteiger partial charge in [0.2, 0.25) is 0 Å². The van der Waals surface area contributed by atoms with Crippen LogP contribution in [0.5, 0.6) is 0 Å².